The van der Waals surface area contributed by atoms with Gasteiger partial charge in [-0.2, -0.15) is 0 Å². The van der Waals surface area contributed by atoms with E-state index in [1.54, 1.807) is 0 Å². The highest BCUT2D eigenvalue weighted by molar-refractivity contribution is 5.55. The predicted octanol–water partition coefficient (Wildman–Crippen LogP) is 1.85. The maximum Gasteiger partial charge on any atom is 0.0917 e. The lowest BCUT2D eigenvalue weighted by molar-refractivity contribution is 0.0718. The first-order valence-corrected chi connectivity index (χ1v) is 6.65. The summed E-state index contributed by atoms with van der Waals surface area (Å²) < 4.78 is 0. The Bertz CT molecular complexity index is 429. The average Bonchev–Trinajstić information content (AvgIpc) is 2.41. The van der Waals surface area contributed by atoms with Crippen LogP contribution in [0.15, 0.2) is 18.2 Å². The van der Waals surface area contributed by atoms with E-state index in [-0.39, 0.29) is 0 Å². The Morgan fingerprint density at radius 2 is 2.11 bits per heavy atom. The first kappa shape index (κ1) is 13.4. The molecule has 0 aliphatic carbocycles. The number of nitrogens with one attached hydrogen (secondary N) is 1. The van der Waals surface area contributed by atoms with Gasteiger partial charge in [0, 0.05) is 31.4 Å². The minimum Gasteiger partial charge on any atom is -0.387 e. The number of anilines is 1. The Kier molecular flexibility index (Phi) is 3.64. The summed E-state index contributed by atoms with van der Waals surface area (Å²) in [5, 5.41) is 13.7. The zero-order valence-electron chi connectivity index (χ0n) is 11.8. The summed E-state index contributed by atoms with van der Waals surface area (Å²) in [7, 11) is 0. The van der Waals surface area contributed by atoms with E-state index in [1.807, 2.05) is 6.92 Å². The number of hydrogen-bond acceptors (Lipinski definition) is 3. The van der Waals surface area contributed by atoms with Crippen LogP contribution in [0, 0.1) is 13.8 Å². The van der Waals surface area contributed by atoms with Crippen LogP contribution in [0.3, 0.4) is 0 Å². The van der Waals surface area contributed by atoms with Gasteiger partial charge in [-0.3, -0.25) is 0 Å². The third kappa shape index (κ3) is 3.03. The topological polar surface area (TPSA) is 35.5 Å². The lowest BCUT2D eigenvalue weighted by Crippen LogP contribution is -2.43. The standard InChI is InChI=1S/C15H24N2O/c1-11-5-6-12(2)14(7-11)17-8-13(3)16-9-15(4,18)10-17/h5-7,13,16,18H,8-10H2,1-4H3. The van der Waals surface area contributed by atoms with Gasteiger partial charge in [-0.15, -0.1) is 0 Å². The Hall–Kier alpha value is -1.06. The van der Waals surface area contributed by atoms with Crippen LogP contribution in [0.5, 0.6) is 0 Å². The molecule has 0 radical (unpaired) electrons. The van der Waals surface area contributed by atoms with Gasteiger partial charge in [-0.05, 0) is 44.9 Å². The Morgan fingerprint density at radius 3 is 2.83 bits per heavy atom. The van der Waals surface area contributed by atoms with Crippen molar-refractivity contribution in [2.75, 3.05) is 24.5 Å². The average molecular weight is 248 g/mol. The van der Waals surface area contributed by atoms with E-state index in [0.29, 0.717) is 19.1 Å². The van der Waals surface area contributed by atoms with Crippen LogP contribution in [0.25, 0.3) is 0 Å². The zero-order valence-corrected chi connectivity index (χ0v) is 11.8. The summed E-state index contributed by atoms with van der Waals surface area (Å²) in [6, 6.07) is 6.89. The summed E-state index contributed by atoms with van der Waals surface area (Å²) in [6.07, 6.45) is 0. The summed E-state index contributed by atoms with van der Waals surface area (Å²) in [5.74, 6) is 0. The van der Waals surface area contributed by atoms with Crippen LogP contribution in [0.1, 0.15) is 25.0 Å². The van der Waals surface area contributed by atoms with Crippen molar-refractivity contribution in [1.29, 1.82) is 0 Å². The third-order valence-electron chi connectivity index (χ3n) is 3.56. The molecule has 0 aromatic heterocycles. The van der Waals surface area contributed by atoms with Gasteiger partial charge in [0.2, 0.25) is 0 Å². The number of aliphatic hydroxyl groups is 1. The molecule has 2 unspecified atom stereocenters. The molecule has 1 saturated heterocycles. The van der Waals surface area contributed by atoms with E-state index in [4.69, 9.17) is 0 Å². The second-order valence-corrected chi connectivity index (χ2v) is 5.95. The van der Waals surface area contributed by atoms with Crippen LogP contribution >= 0.6 is 0 Å². The van der Waals surface area contributed by atoms with E-state index in [1.165, 1.54) is 16.8 Å². The van der Waals surface area contributed by atoms with Crippen molar-refractivity contribution in [3.05, 3.63) is 29.3 Å². The molecule has 0 spiro atoms. The van der Waals surface area contributed by atoms with E-state index in [2.05, 4.69) is 49.2 Å². The maximum atomic E-state index is 10.4. The van der Waals surface area contributed by atoms with Crippen molar-refractivity contribution in [2.24, 2.45) is 0 Å². The van der Waals surface area contributed by atoms with Crippen molar-refractivity contribution in [3.63, 3.8) is 0 Å². The molecule has 1 aliphatic rings. The monoisotopic (exact) mass is 248 g/mol. The smallest absolute Gasteiger partial charge is 0.0917 e. The molecule has 0 amide bonds. The van der Waals surface area contributed by atoms with Gasteiger partial charge in [0.15, 0.2) is 0 Å². The molecule has 1 fully saturated rings. The summed E-state index contributed by atoms with van der Waals surface area (Å²) in [4.78, 5) is 2.30. The fraction of sp³-hybridized carbons (Fsp3) is 0.600. The number of benzene rings is 1. The van der Waals surface area contributed by atoms with Crippen LogP contribution in [-0.4, -0.2) is 36.4 Å². The van der Waals surface area contributed by atoms with Gasteiger partial charge in [0.25, 0.3) is 0 Å². The molecule has 0 bridgehead atoms. The number of hydrogen-bond donors (Lipinski definition) is 2. The van der Waals surface area contributed by atoms with Crippen LogP contribution < -0.4 is 10.2 Å². The van der Waals surface area contributed by atoms with Crippen molar-refractivity contribution in [2.45, 2.75) is 39.3 Å². The first-order valence-electron chi connectivity index (χ1n) is 6.65. The van der Waals surface area contributed by atoms with Crippen molar-refractivity contribution in [3.8, 4) is 0 Å². The summed E-state index contributed by atoms with van der Waals surface area (Å²) in [5.41, 5.74) is 3.09. The van der Waals surface area contributed by atoms with Gasteiger partial charge in [-0.25, -0.2) is 0 Å². The number of β-amino-alcohol motifs (C(OH)–C–C–N with tert-alkyl or cyclic N) is 1. The summed E-state index contributed by atoms with van der Waals surface area (Å²) >= 11 is 0. The van der Waals surface area contributed by atoms with E-state index in [9.17, 15) is 5.11 Å². The molecule has 2 atom stereocenters. The molecular weight excluding hydrogens is 224 g/mol. The quantitative estimate of drug-likeness (QED) is 0.796. The molecule has 100 valence electrons. The Labute approximate surface area is 110 Å². The fourth-order valence-corrected chi connectivity index (χ4v) is 2.56. The maximum absolute atomic E-state index is 10.4. The first-order chi connectivity index (χ1) is 8.37. The molecule has 1 aliphatic heterocycles. The zero-order chi connectivity index (χ0) is 13.3. The van der Waals surface area contributed by atoms with Crippen molar-refractivity contribution >= 4 is 5.69 Å². The van der Waals surface area contributed by atoms with E-state index < -0.39 is 5.60 Å². The van der Waals surface area contributed by atoms with E-state index in [0.717, 1.165) is 6.54 Å². The van der Waals surface area contributed by atoms with Crippen LogP contribution in [-0.2, 0) is 0 Å². The molecular formula is C15H24N2O. The Balaban J connectivity index is 2.32. The highest BCUT2D eigenvalue weighted by atomic mass is 16.3. The number of rotatable bonds is 1. The second kappa shape index (κ2) is 4.90. The van der Waals surface area contributed by atoms with Crippen molar-refractivity contribution in [1.82, 2.24) is 5.32 Å². The normalized spacial score (nSPS) is 29.2. The highest BCUT2D eigenvalue weighted by Gasteiger charge is 2.29. The Morgan fingerprint density at radius 1 is 1.39 bits per heavy atom. The minimum absolute atomic E-state index is 0.388. The minimum atomic E-state index is -0.680. The highest BCUT2D eigenvalue weighted by Crippen LogP contribution is 2.24. The molecule has 1 heterocycles. The molecule has 2 N–H and O–H groups in total. The number of nitrogens with zero attached hydrogens (tertiary/aromatic N) is 1. The molecule has 1 aromatic rings. The van der Waals surface area contributed by atoms with E-state index >= 15 is 0 Å². The molecule has 3 nitrogen and oxygen atoms in total. The van der Waals surface area contributed by atoms with Crippen LogP contribution in [0.4, 0.5) is 5.69 Å². The van der Waals surface area contributed by atoms with Crippen LogP contribution in [0.2, 0.25) is 0 Å². The second-order valence-electron chi connectivity index (χ2n) is 5.95. The van der Waals surface area contributed by atoms with Gasteiger partial charge < -0.3 is 15.3 Å². The largest absolute Gasteiger partial charge is 0.387 e. The molecule has 2 rings (SSSR count). The number of aryl methyl sites for hydroxylation is 2. The molecule has 0 saturated carbocycles. The summed E-state index contributed by atoms with van der Waals surface area (Å²) in [6.45, 7) is 10.6. The van der Waals surface area contributed by atoms with Gasteiger partial charge in [-0.1, -0.05) is 12.1 Å². The van der Waals surface area contributed by atoms with Gasteiger partial charge in [0.1, 0.15) is 0 Å². The lowest BCUT2D eigenvalue weighted by atomic mass is 10.1. The lowest BCUT2D eigenvalue weighted by Gasteiger charge is -2.31. The third-order valence-corrected chi connectivity index (χ3v) is 3.56. The van der Waals surface area contributed by atoms with Gasteiger partial charge in [0.05, 0.1) is 5.60 Å². The molecule has 1 aromatic carbocycles. The predicted molar refractivity (Wildman–Crippen MR) is 76.2 cm³/mol. The molecule has 3 heteroatoms. The SMILES string of the molecule is Cc1ccc(C)c(N2CC(C)NCC(C)(O)C2)c1. The van der Waals surface area contributed by atoms with Gasteiger partial charge >= 0.3 is 0 Å². The molecule has 18 heavy (non-hydrogen) atoms. The fourth-order valence-electron chi connectivity index (χ4n) is 2.56. The van der Waals surface area contributed by atoms with Crippen molar-refractivity contribution < 1.29 is 5.11 Å².